The number of tetrazole rings is 1. The summed E-state index contributed by atoms with van der Waals surface area (Å²) in [4.78, 5) is 14.6. The lowest BCUT2D eigenvalue weighted by molar-refractivity contribution is -0.133. The van der Waals surface area contributed by atoms with Crippen LogP contribution >= 0.6 is 23.1 Å². The number of amides is 1. The van der Waals surface area contributed by atoms with E-state index < -0.39 is 0 Å². The zero-order valence-electron chi connectivity index (χ0n) is 13.6. The summed E-state index contributed by atoms with van der Waals surface area (Å²) in [6.07, 6.45) is 2.75. The number of thiophene rings is 1. The van der Waals surface area contributed by atoms with Gasteiger partial charge < -0.3 is 9.64 Å². The topological polar surface area (TPSA) is 73.1 Å². The third-order valence-electron chi connectivity index (χ3n) is 3.88. The van der Waals surface area contributed by atoms with Gasteiger partial charge in [-0.05, 0) is 45.7 Å². The largest absolute Gasteiger partial charge is 0.376 e. The second-order valence-electron chi connectivity index (χ2n) is 5.72. The molecular formula is C15H21N5O2S2. The van der Waals surface area contributed by atoms with Crippen molar-refractivity contribution in [3.05, 3.63) is 22.4 Å². The number of nitrogens with zero attached hydrogens (tertiary/aromatic N) is 5. The van der Waals surface area contributed by atoms with Gasteiger partial charge in [0.2, 0.25) is 11.1 Å². The van der Waals surface area contributed by atoms with Crippen LogP contribution in [0.4, 0.5) is 0 Å². The highest BCUT2D eigenvalue weighted by Gasteiger charge is 2.23. The number of hydrogen-bond acceptors (Lipinski definition) is 7. The van der Waals surface area contributed by atoms with Crippen LogP contribution in [0, 0.1) is 0 Å². The summed E-state index contributed by atoms with van der Waals surface area (Å²) in [5, 5.41) is 16.2. The quantitative estimate of drug-likeness (QED) is 0.664. The first kappa shape index (κ1) is 17.4. The fraction of sp³-hybridized carbons (Fsp3) is 0.600. The molecule has 130 valence electrons. The van der Waals surface area contributed by atoms with E-state index in [-0.39, 0.29) is 12.0 Å². The predicted octanol–water partition coefficient (Wildman–Crippen LogP) is 1.96. The molecule has 0 unspecified atom stereocenters. The Bertz CT molecular complexity index is 640. The van der Waals surface area contributed by atoms with Crippen LogP contribution in [-0.4, -0.2) is 56.0 Å². The molecule has 3 rings (SSSR count). The van der Waals surface area contributed by atoms with Crippen molar-refractivity contribution in [3.63, 3.8) is 0 Å². The maximum atomic E-state index is 12.7. The minimum Gasteiger partial charge on any atom is -0.376 e. The van der Waals surface area contributed by atoms with E-state index in [0.29, 0.717) is 25.3 Å². The lowest BCUT2D eigenvalue weighted by atomic mass is 10.2. The summed E-state index contributed by atoms with van der Waals surface area (Å²) in [6.45, 7) is 2.13. The average molecular weight is 368 g/mol. The molecule has 0 N–H and O–H groups in total. The number of aromatic nitrogens is 4. The molecule has 1 fully saturated rings. The summed E-state index contributed by atoms with van der Waals surface area (Å²) >= 11 is 3.16. The van der Waals surface area contributed by atoms with Gasteiger partial charge in [-0.1, -0.05) is 11.8 Å². The van der Waals surface area contributed by atoms with Crippen LogP contribution in [0.25, 0.3) is 0 Å². The third-order valence-corrected chi connectivity index (χ3v) is 5.63. The minimum atomic E-state index is 0.152. The van der Waals surface area contributed by atoms with Crippen molar-refractivity contribution >= 4 is 29.0 Å². The molecule has 0 aliphatic carbocycles. The number of thioether (sulfide) groups is 1. The second-order valence-corrected chi connectivity index (χ2v) is 7.57. The zero-order chi connectivity index (χ0) is 16.8. The number of aryl methyl sites for hydroxylation is 1. The molecule has 2 aromatic rings. The Hall–Kier alpha value is -1.45. The lowest BCUT2D eigenvalue weighted by Crippen LogP contribution is -2.37. The van der Waals surface area contributed by atoms with Gasteiger partial charge in [0.25, 0.3) is 0 Å². The number of carbonyl (C=O) groups is 1. The first-order chi connectivity index (χ1) is 11.7. The highest BCUT2D eigenvalue weighted by Crippen LogP contribution is 2.19. The van der Waals surface area contributed by atoms with E-state index in [4.69, 9.17) is 4.74 Å². The molecule has 1 atom stereocenters. The number of rotatable bonds is 8. The van der Waals surface area contributed by atoms with Gasteiger partial charge in [0.15, 0.2) is 0 Å². The van der Waals surface area contributed by atoms with E-state index in [1.807, 2.05) is 10.3 Å². The Labute approximate surface area is 149 Å². The first-order valence-corrected chi connectivity index (χ1v) is 9.91. The van der Waals surface area contributed by atoms with Gasteiger partial charge in [-0.2, -0.15) is 11.3 Å². The van der Waals surface area contributed by atoms with Gasteiger partial charge in [-0.3, -0.25) is 4.79 Å². The molecule has 2 aromatic heterocycles. The Kier molecular flexibility index (Phi) is 6.22. The molecular weight excluding hydrogens is 346 g/mol. The normalized spacial score (nSPS) is 17.3. The van der Waals surface area contributed by atoms with E-state index in [2.05, 4.69) is 27.0 Å². The highest BCUT2D eigenvalue weighted by molar-refractivity contribution is 7.99. The molecule has 0 saturated carbocycles. The van der Waals surface area contributed by atoms with Crippen molar-refractivity contribution in [2.75, 3.05) is 18.9 Å². The fourth-order valence-electron chi connectivity index (χ4n) is 2.62. The van der Waals surface area contributed by atoms with Crippen molar-refractivity contribution in [2.24, 2.45) is 7.05 Å². The highest BCUT2D eigenvalue weighted by atomic mass is 32.2. The third kappa shape index (κ3) is 4.78. The Morgan fingerprint density at radius 2 is 2.50 bits per heavy atom. The molecule has 0 radical (unpaired) electrons. The minimum absolute atomic E-state index is 0.152. The Morgan fingerprint density at radius 1 is 1.58 bits per heavy atom. The Morgan fingerprint density at radius 3 is 3.17 bits per heavy atom. The maximum Gasteiger partial charge on any atom is 0.223 e. The predicted molar refractivity (Wildman–Crippen MR) is 92.8 cm³/mol. The van der Waals surface area contributed by atoms with Crippen molar-refractivity contribution in [2.45, 2.75) is 37.1 Å². The zero-order valence-corrected chi connectivity index (χ0v) is 15.3. The van der Waals surface area contributed by atoms with Gasteiger partial charge in [-0.15, -0.1) is 5.10 Å². The summed E-state index contributed by atoms with van der Waals surface area (Å²) in [7, 11) is 1.80. The van der Waals surface area contributed by atoms with Crippen LogP contribution in [0.3, 0.4) is 0 Å². The standard InChI is InChI=1S/C15H21N5O2S2/c1-19-15(16-17-18-19)24-8-5-14(21)20(9-12-4-7-23-11-12)10-13-3-2-6-22-13/h4,7,11,13H,2-3,5-6,8-10H2,1H3/t13-/m1/s1. The smallest absolute Gasteiger partial charge is 0.223 e. The SMILES string of the molecule is Cn1nnnc1SCCC(=O)N(Cc1ccsc1)C[C@H]1CCCO1. The van der Waals surface area contributed by atoms with Gasteiger partial charge in [-0.25, -0.2) is 4.68 Å². The van der Waals surface area contributed by atoms with Crippen LogP contribution in [0.1, 0.15) is 24.8 Å². The average Bonchev–Trinajstić information content (AvgIpc) is 3.31. The van der Waals surface area contributed by atoms with Crippen molar-refractivity contribution in [1.82, 2.24) is 25.1 Å². The fourth-order valence-corrected chi connectivity index (χ4v) is 4.06. The number of ether oxygens (including phenoxy) is 1. The van der Waals surface area contributed by atoms with E-state index in [0.717, 1.165) is 24.6 Å². The molecule has 0 bridgehead atoms. The molecule has 9 heteroatoms. The van der Waals surface area contributed by atoms with Gasteiger partial charge in [0.1, 0.15) is 0 Å². The first-order valence-electron chi connectivity index (χ1n) is 7.98. The summed E-state index contributed by atoms with van der Waals surface area (Å²) < 4.78 is 7.32. The summed E-state index contributed by atoms with van der Waals surface area (Å²) in [6, 6.07) is 2.07. The van der Waals surface area contributed by atoms with Crippen molar-refractivity contribution < 1.29 is 9.53 Å². The van der Waals surface area contributed by atoms with E-state index in [1.54, 1.807) is 23.1 Å². The summed E-state index contributed by atoms with van der Waals surface area (Å²) in [5.74, 6) is 0.818. The van der Waals surface area contributed by atoms with Gasteiger partial charge in [0.05, 0.1) is 6.10 Å². The number of carbonyl (C=O) groups excluding carboxylic acids is 1. The van der Waals surface area contributed by atoms with Crippen LogP contribution in [-0.2, 0) is 23.1 Å². The molecule has 1 aliphatic heterocycles. The van der Waals surface area contributed by atoms with Gasteiger partial charge >= 0.3 is 0 Å². The van der Waals surface area contributed by atoms with E-state index >= 15 is 0 Å². The van der Waals surface area contributed by atoms with Crippen LogP contribution in [0.15, 0.2) is 22.0 Å². The molecule has 3 heterocycles. The Balaban J connectivity index is 1.54. The molecule has 1 aliphatic rings. The number of hydrogen-bond donors (Lipinski definition) is 0. The molecule has 0 spiro atoms. The second kappa shape index (κ2) is 8.59. The monoisotopic (exact) mass is 367 g/mol. The summed E-state index contributed by atoms with van der Waals surface area (Å²) in [5.41, 5.74) is 1.18. The molecule has 7 nitrogen and oxygen atoms in total. The van der Waals surface area contributed by atoms with E-state index in [1.165, 1.54) is 17.3 Å². The molecule has 1 amide bonds. The van der Waals surface area contributed by atoms with Gasteiger partial charge in [0, 0.05) is 38.9 Å². The molecule has 24 heavy (non-hydrogen) atoms. The van der Waals surface area contributed by atoms with Crippen LogP contribution in [0.2, 0.25) is 0 Å². The van der Waals surface area contributed by atoms with E-state index in [9.17, 15) is 4.79 Å². The maximum absolute atomic E-state index is 12.7. The van der Waals surface area contributed by atoms with Crippen molar-refractivity contribution in [3.8, 4) is 0 Å². The lowest BCUT2D eigenvalue weighted by Gasteiger charge is -2.25. The molecule has 1 saturated heterocycles. The molecule has 0 aromatic carbocycles. The van der Waals surface area contributed by atoms with Crippen LogP contribution < -0.4 is 0 Å². The van der Waals surface area contributed by atoms with Crippen molar-refractivity contribution in [1.29, 1.82) is 0 Å². The van der Waals surface area contributed by atoms with Crippen LogP contribution in [0.5, 0.6) is 0 Å².